The number of phenols is 3. The van der Waals surface area contributed by atoms with Gasteiger partial charge in [-0.15, -0.1) is 0 Å². The summed E-state index contributed by atoms with van der Waals surface area (Å²) < 4.78 is 0. The summed E-state index contributed by atoms with van der Waals surface area (Å²) in [6.07, 6.45) is 3.16. The largest absolute Gasteiger partial charge is 0.508 e. The molecule has 1 atom stereocenters. The molecule has 2 aromatic rings. The number of ketones is 1. The molecule has 5 nitrogen and oxygen atoms in total. The number of Topliss-reactive ketones (excluding diaryl/α,β-unsaturated/α-hetero) is 1. The van der Waals surface area contributed by atoms with Crippen molar-refractivity contribution in [2.24, 2.45) is 0 Å². The monoisotopic (exact) mass is 410 g/mol. The van der Waals surface area contributed by atoms with E-state index in [-0.39, 0.29) is 41.2 Å². The Morgan fingerprint density at radius 2 is 1.47 bits per heavy atom. The van der Waals surface area contributed by atoms with E-state index in [0.29, 0.717) is 17.5 Å². The number of hydrogen-bond donors (Lipinski definition) is 4. The standard InChI is InChI=1S/C25H30O5/c1-15(2)5-9-18-14-21(24(29)20(23(18)28)12-6-16(3)4)25(30)22(27)13-17-7-10-19(26)11-8-17/h5-8,10-11,14,22,26-29H,9,12-13H2,1-4H3. The first-order valence-corrected chi connectivity index (χ1v) is 9.93. The van der Waals surface area contributed by atoms with Crippen molar-refractivity contribution < 1.29 is 25.2 Å². The Morgan fingerprint density at radius 1 is 0.900 bits per heavy atom. The van der Waals surface area contributed by atoms with Crippen molar-refractivity contribution in [1.82, 2.24) is 0 Å². The van der Waals surface area contributed by atoms with Crippen molar-refractivity contribution in [2.75, 3.05) is 0 Å². The Bertz CT molecular complexity index is 960. The van der Waals surface area contributed by atoms with Gasteiger partial charge in [0.25, 0.3) is 0 Å². The highest BCUT2D eigenvalue weighted by Crippen LogP contribution is 2.36. The van der Waals surface area contributed by atoms with Crippen LogP contribution in [-0.4, -0.2) is 32.3 Å². The van der Waals surface area contributed by atoms with E-state index in [1.165, 1.54) is 18.2 Å². The lowest BCUT2D eigenvalue weighted by Crippen LogP contribution is -2.23. The van der Waals surface area contributed by atoms with Gasteiger partial charge in [0.2, 0.25) is 0 Å². The maximum absolute atomic E-state index is 13.0. The summed E-state index contributed by atoms with van der Waals surface area (Å²) in [6, 6.07) is 7.68. The van der Waals surface area contributed by atoms with Crippen LogP contribution in [0.4, 0.5) is 0 Å². The molecular weight excluding hydrogens is 380 g/mol. The van der Waals surface area contributed by atoms with Crippen molar-refractivity contribution in [3.63, 3.8) is 0 Å². The second-order valence-electron chi connectivity index (χ2n) is 7.98. The first kappa shape index (κ1) is 23.2. The molecule has 2 rings (SSSR count). The number of aromatic hydroxyl groups is 3. The van der Waals surface area contributed by atoms with Crippen LogP contribution in [0.15, 0.2) is 53.6 Å². The Labute approximate surface area is 177 Å². The molecule has 0 bridgehead atoms. The van der Waals surface area contributed by atoms with Gasteiger partial charge < -0.3 is 20.4 Å². The van der Waals surface area contributed by atoms with Crippen LogP contribution in [-0.2, 0) is 19.3 Å². The summed E-state index contributed by atoms with van der Waals surface area (Å²) in [6.45, 7) is 7.70. The maximum Gasteiger partial charge on any atom is 0.195 e. The summed E-state index contributed by atoms with van der Waals surface area (Å²) in [5.74, 6) is -0.853. The summed E-state index contributed by atoms with van der Waals surface area (Å²) in [5, 5.41) is 41.3. The van der Waals surface area contributed by atoms with Crippen LogP contribution in [0.25, 0.3) is 0 Å². The van der Waals surface area contributed by atoms with E-state index in [2.05, 4.69) is 0 Å². The summed E-state index contributed by atoms with van der Waals surface area (Å²) in [4.78, 5) is 13.0. The first-order chi connectivity index (χ1) is 14.1. The zero-order chi connectivity index (χ0) is 22.4. The lowest BCUT2D eigenvalue weighted by molar-refractivity contribution is 0.0744. The molecule has 0 heterocycles. The minimum atomic E-state index is -1.36. The molecule has 0 saturated carbocycles. The van der Waals surface area contributed by atoms with E-state index in [0.717, 1.165) is 11.1 Å². The normalized spacial score (nSPS) is 11.6. The third-order valence-electron chi connectivity index (χ3n) is 4.83. The van der Waals surface area contributed by atoms with Crippen molar-refractivity contribution in [2.45, 2.75) is 53.1 Å². The molecule has 0 radical (unpaired) electrons. The SMILES string of the molecule is CC(C)=CCc1cc(C(=O)C(O)Cc2ccc(O)cc2)c(O)c(CC=C(C)C)c1O. The number of hydrogen-bond acceptors (Lipinski definition) is 5. The minimum Gasteiger partial charge on any atom is -0.508 e. The van der Waals surface area contributed by atoms with Gasteiger partial charge in [0.05, 0.1) is 5.56 Å². The molecule has 4 N–H and O–H groups in total. The Kier molecular flexibility index (Phi) is 7.84. The van der Waals surface area contributed by atoms with Crippen molar-refractivity contribution in [3.8, 4) is 17.2 Å². The Morgan fingerprint density at radius 3 is 2.03 bits per heavy atom. The van der Waals surface area contributed by atoms with Gasteiger partial charge >= 0.3 is 0 Å². The third kappa shape index (κ3) is 5.97. The number of rotatable bonds is 8. The lowest BCUT2D eigenvalue weighted by atomic mass is 9.92. The van der Waals surface area contributed by atoms with E-state index < -0.39 is 11.9 Å². The fraction of sp³-hybridized carbons (Fsp3) is 0.320. The second kappa shape index (κ2) is 10.1. The molecule has 0 saturated heterocycles. The average Bonchev–Trinajstić information content (AvgIpc) is 2.68. The summed E-state index contributed by atoms with van der Waals surface area (Å²) in [5.41, 5.74) is 3.55. The van der Waals surface area contributed by atoms with Crippen LogP contribution in [0.2, 0.25) is 0 Å². The third-order valence-corrected chi connectivity index (χ3v) is 4.83. The molecule has 0 amide bonds. The fourth-order valence-corrected chi connectivity index (χ4v) is 3.06. The lowest BCUT2D eigenvalue weighted by Gasteiger charge is -2.17. The number of benzene rings is 2. The van der Waals surface area contributed by atoms with Gasteiger partial charge in [0, 0.05) is 12.0 Å². The number of carbonyl (C=O) groups is 1. The van der Waals surface area contributed by atoms with Crippen LogP contribution < -0.4 is 0 Å². The fourth-order valence-electron chi connectivity index (χ4n) is 3.06. The van der Waals surface area contributed by atoms with Crippen LogP contribution >= 0.6 is 0 Å². The van der Waals surface area contributed by atoms with E-state index >= 15 is 0 Å². The Hall–Kier alpha value is -3.05. The highest BCUT2D eigenvalue weighted by atomic mass is 16.3. The van der Waals surface area contributed by atoms with Crippen LogP contribution in [0, 0.1) is 0 Å². The first-order valence-electron chi connectivity index (χ1n) is 9.93. The van der Waals surface area contributed by atoms with Crippen molar-refractivity contribution in [1.29, 1.82) is 0 Å². The van der Waals surface area contributed by atoms with Gasteiger partial charge in [-0.05, 0) is 69.9 Å². The molecule has 1 unspecified atom stereocenters. The van der Waals surface area contributed by atoms with E-state index in [9.17, 15) is 25.2 Å². The highest BCUT2D eigenvalue weighted by molar-refractivity contribution is 6.02. The van der Waals surface area contributed by atoms with E-state index in [4.69, 9.17) is 0 Å². The quantitative estimate of drug-likeness (QED) is 0.376. The zero-order valence-corrected chi connectivity index (χ0v) is 17.9. The van der Waals surface area contributed by atoms with Crippen molar-refractivity contribution >= 4 is 5.78 Å². The average molecular weight is 411 g/mol. The summed E-state index contributed by atoms with van der Waals surface area (Å²) in [7, 11) is 0. The van der Waals surface area contributed by atoms with Gasteiger partial charge in [-0.3, -0.25) is 4.79 Å². The van der Waals surface area contributed by atoms with Crippen molar-refractivity contribution in [3.05, 3.63) is 75.9 Å². The maximum atomic E-state index is 13.0. The number of phenolic OH excluding ortho intramolecular Hbond substituents is 3. The molecule has 0 aliphatic rings. The molecule has 160 valence electrons. The molecule has 0 aromatic heterocycles. The van der Waals surface area contributed by atoms with Gasteiger partial charge in [0.1, 0.15) is 23.4 Å². The molecule has 0 spiro atoms. The smallest absolute Gasteiger partial charge is 0.195 e. The molecule has 0 aliphatic carbocycles. The van der Waals surface area contributed by atoms with Crippen LogP contribution in [0.1, 0.15) is 54.7 Å². The van der Waals surface area contributed by atoms with Gasteiger partial charge in [0.15, 0.2) is 5.78 Å². The minimum absolute atomic E-state index is 0.00612. The van der Waals surface area contributed by atoms with Crippen LogP contribution in [0.5, 0.6) is 17.2 Å². The number of aliphatic hydroxyl groups is 1. The summed E-state index contributed by atoms with van der Waals surface area (Å²) >= 11 is 0. The van der Waals surface area contributed by atoms with Gasteiger partial charge in [-0.2, -0.15) is 0 Å². The molecule has 5 heteroatoms. The van der Waals surface area contributed by atoms with Gasteiger partial charge in [-0.1, -0.05) is 35.4 Å². The van der Waals surface area contributed by atoms with E-state index in [1.807, 2.05) is 39.8 Å². The Balaban J connectivity index is 2.44. The molecule has 0 fully saturated rings. The molecule has 0 aliphatic heterocycles. The number of allylic oxidation sites excluding steroid dienone is 4. The second-order valence-corrected chi connectivity index (χ2v) is 7.98. The topological polar surface area (TPSA) is 98.0 Å². The molecule has 30 heavy (non-hydrogen) atoms. The molecule has 2 aromatic carbocycles. The predicted octanol–water partition coefficient (Wildman–Crippen LogP) is 4.61. The zero-order valence-electron chi connectivity index (χ0n) is 17.9. The number of aliphatic hydroxyl groups excluding tert-OH is 1. The predicted molar refractivity (Wildman–Crippen MR) is 118 cm³/mol. The van der Waals surface area contributed by atoms with Crippen LogP contribution in [0.3, 0.4) is 0 Å². The number of carbonyl (C=O) groups excluding carboxylic acids is 1. The van der Waals surface area contributed by atoms with Gasteiger partial charge in [-0.25, -0.2) is 0 Å². The highest BCUT2D eigenvalue weighted by Gasteiger charge is 2.25. The molecular formula is C25H30O5. The van der Waals surface area contributed by atoms with E-state index in [1.54, 1.807) is 12.1 Å².